The van der Waals surface area contributed by atoms with E-state index in [1.807, 2.05) is 50.2 Å². The minimum Gasteiger partial charge on any atom is -0.460 e. The molecule has 0 aliphatic heterocycles. The number of hydrogen-bond acceptors (Lipinski definition) is 3. The Bertz CT molecular complexity index is 555. The molecule has 96 valence electrons. The molecule has 0 spiro atoms. The van der Waals surface area contributed by atoms with Gasteiger partial charge in [0.2, 0.25) is 0 Å². The second-order valence-corrected chi connectivity index (χ2v) is 4.73. The Hall–Kier alpha value is -1.61. The van der Waals surface area contributed by atoms with Gasteiger partial charge >= 0.3 is 0 Å². The van der Waals surface area contributed by atoms with Gasteiger partial charge in [-0.3, -0.25) is 4.79 Å². The molecule has 0 bridgehead atoms. The number of hydrogen-bond donors (Lipinski definition) is 0. The summed E-state index contributed by atoms with van der Waals surface area (Å²) in [4.78, 5) is 14.3. The molecule has 0 unspecified atom stereocenters. The van der Waals surface area contributed by atoms with Crippen LogP contribution in [-0.2, 0) is 6.42 Å². The minimum absolute atomic E-state index is 0.172. The fraction of sp³-hybridized carbons (Fsp3) is 0.400. The second kappa shape index (κ2) is 5.36. The van der Waals surface area contributed by atoms with Crippen LogP contribution in [-0.4, -0.2) is 31.3 Å². The maximum Gasteiger partial charge on any atom is 0.168 e. The van der Waals surface area contributed by atoms with Gasteiger partial charge in [0.15, 0.2) is 5.78 Å². The van der Waals surface area contributed by atoms with Crippen LogP contribution in [0.4, 0.5) is 0 Å². The summed E-state index contributed by atoms with van der Waals surface area (Å²) < 4.78 is 5.74. The zero-order chi connectivity index (χ0) is 13.1. The summed E-state index contributed by atoms with van der Waals surface area (Å²) in [6, 6.07) is 7.75. The number of rotatable bonds is 5. The van der Waals surface area contributed by atoms with Gasteiger partial charge in [-0.1, -0.05) is 25.1 Å². The van der Waals surface area contributed by atoms with E-state index in [0.717, 1.165) is 35.3 Å². The van der Waals surface area contributed by atoms with Crippen LogP contribution >= 0.6 is 0 Å². The molecular formula is C15H19NO2. The van der Waals surface area contributed by atoms with E-state index in [9.17, 15) is 4.79 Å². The number of aryl methyl sites for hydroxylation is 1. The van der Waals surface area contributed by atoms with Crippen LogP contribution in [0.25, 0.3) is 11.0 Å². The van der Waals surface area contributed by atoms with Gasteiger partial charge in [0.25, 0.3) is 0 Å². The Balaban J connectivity index is 2.38. The lowest BCUT2D eigenvalue weighted by Gasteiger charge is -2.08. The molecule has 0 fully saturated rings. The molecule has 2 aromatic rings. The van der Waals surface area contributed by atoms with E-state index >= 15 is 0 Å². The number of carbonyl (C=O) groups is 1. The van der Waals surface area contributed by atoms with E-state index in [1.54, 1.807) is 0 Å². The highest BCUT2D eigenvalue weighted by Gasteiger charge is 2.18. The van der Waals surface area contributed by atoms with Crippen LogP contribution in [0.2, 0.25) is 0 Å². The molecule has 1 heterocycles. The molecule has 0 radical (unpaired) electrons. The van der Waals surface area contributed by atoms with Crippen LogP contribution in [0.5, 0.6) is 0 Å². The van der Waals surface area contributed by atoms with Crippen molar-refractivity contribution < 1.29 is 9.21 Å². The molecule has 3 heteroatoms. The summed E-state index contributed by atoms with van der Waals surface area (Å²) in [5.41, 5.74) is 1.58. The molecule has 0 aliphatic carbocycles. The van der Waals surface area contributed by atoms with Gasteiger partial charge in [0.05, 0.1) is 5.56 Å². The number of benzene rings is 1. The summed E-state index contributed by atoms with van der Waals surface area (Å²) in [6.45, 7) is 2.78. The van der Waals surface area contributed by atoms with Crippen molar-refractivity contribution in [3.05, 3.63) is 35.6 Å². The molecule has 1 aromatic carbocycles. The molecule has 2 rings (SSSR count). The maximum absolute atomic E-state index is 12.3. The zero-order valence-corrected chi connectivity index (χ0v) is 11.2. The largest absolute Gasteiger partial charge is 0.460 e. The zero-order valence-electron chi connectivity index (χ0n) is 11.2. The number of carbonyl (C=O) groups excluding carboxylic acids is 1. The van der Waals surface area contributed by atoms with E-state index in [-0.39, 0.29) is 5.78 Å². The first-order valence-electron chi connectivity index (χ1n) is 6.31. The highest BCUT2D eigenvalue weighted by Crippen LogP contribution is 2.27. The lowest BCUT2D eigenvalue weighted by atomic mass is 10.0. The molecule has 3 nitrogen and oxygen atoms in total. The average molecular weight is 245 g/mol. The quantitative estimate of drug-likeness (QED) is 0.759. The smallest absolute Gasteiger partial charge is 0.168 e. The predicted molar refractivity (Wildman–Crippen MR) is 73.1 cm³/mol. The van der Waals surface area contributed by atoms with Gasteiger partial charge < -0.3 is 9.32 Å². The minimum atomic E-state index is 0.172. The number of furan rings is 1. The second-order valence-electron chi connectivity index (χ2n) is 4.73. The van der Waals surface area contributed by atoms with E-state index < -0.39 is 0 Å². The number of fused-ring (bicyclic) bond motifs is 1. The van der Waals surface area contributed by atoms with Crippen molar-refractivity contribution in [2.24, 2.45) is 0 Å². The molecule has 1 aromatic heterocycles. The Morgan fingerprint density at radius 2 is 2.00 bits per heavy atom. The molecule has 0 atom stereocenters. The summed E-state index contributed by atoms with van der Waals surface area (Å²) in [5.74, 6) is 0.977. The first-order valence-corrected chi connectivity index (χ1v) is 6.31. The number of ketones is 1. The first-order chi connectivity index (χ1) is 8.63. The monoisotopic (exact) mass is 245 g/mol. The van der Waals surface area contributed by atoms with Crippen molar-refractivity contribution >= 4 is 16.8 Å². The Morgan fingerprint density at radius 3 is 2.67 bits per heavy atom. The van der Waals surface area contributed by atoms with Crippen molar-refractivity contribution in [1.29, 1.82) is 0 Å². The van der Waals surface area contributed by atoms with Crippen LogP contribution in [0.1, 0.15) is 29.5 Å². The lowest BCUT2D eigenvalue weighted by molar-refractivity contribution is 0.0972. The van der Waals surface area contributed by atoms with Crippen molar-refractivity contribution in [2.45, 2.75) is 19.8 Å². The van der Waals surface area contributed by atoms with Crippen LogP contribution in [0.3, 0.4) is 0 Å². The van der Waals surface area contributed by atoms with Gasteiger partial charge in [-0.05, 0) is 20.2 Å². The fourth-order valence-electron chi connectivity index (χ4n) is 2.10. The summed E-state index contributed by atoms with van der Waals surface area (Å²) >= 11 is 0. The van der Waals surface area contributed by atoms with Gasteiger partial charge in [0, 0.05) is 24.8 Å². The van der Waals surface area contributed by atoms with Crippen LogP contribution < -0.4 is 0 Å². The number of para-hydroxylation sites is 1. The third kappa shape index (κ3) is 2.46. The maximum atomic E-state index is 12.3. The average Bonchev–Trinajstić information content (AvgIpc) is 2.74. The van der Waals surface area contributed by atoms with E-state index in [1.165, 1.54) is 0 Å². The van der Waals surface area contributed by atoms with Crippen LogP contribution in [0.15, 0.2) is 28.7 Å². The van der Waals surface area contributed by atoms with Gasteiger partial charge in [-0.25, -0.2) is 0 Å². The standard InChI is InChI=1S/C15H19NO2/c1-4-13-15(12(17)9-10-16(2)3)11-7-5-6-8-14(11)18-13/h5-8H,4,9-10H2,1-3H3. The number of nitrogens with zero attached hydrogens (tertiary/aromatic N) is 1. The third-order valence-electron chi connectivity index (χ3n) is 3.05. The predicted octanol–water partition coefficient (Wildman–Crippen LogP) is 3.13. The Labute approximate surface area is 107 Å². The molecule has 0 amide bonds. The Morgan fingerprint density at radius 1 is 1.28 bits per heavy atom. The summed E-state index contributed by atoms with van der Waals surface area (Å²) in [6.07, 6.45) is 1.28. The summed E-state index contributed by atoms with van der Waals surface area (Å²) in [7, 11) is 3.95. The van der Waals surface area contributed by atoms with Crippen molar-refractivity contribution in [3.63, 3.8) is 0 Å². The van der Waals surface area contributed by atoms with Crippen molar-refractivity contribution in [2.75, 3.05) is 20.6 Å². The highest BCUT2D eigenvalue weighted by molar-refractivity contribution is 6.08. The molecule has 0 N–H and O–H groups in total. The molecule has 0 saturated heterocycles. The van der Waals surface area contributed by atoms with Crippen molar-refractivity contribution in [3.8, 4) is 0 Å². The van der Waals surface area contributed by atoms with Gasteiger partial charge in [0.1, 0.15) is 11.3 Å². The van der Waals surface area contributed by atoms with E-state index in [2.05, 4.69) is 0 Å². The van der Waals surface area contributed by atoms with Crippen molar-refractivity contribution in [1.82, 2.24) is 4.90 Å². The lowest BCUT2D eigenvalue weighted by Crippen LogP contribution is -2.17. The molecule has 0 aliphatic rings. The van der Waals surface area contributed by atoms with Gasteiger partial charge in [-0.2, -0.15) is 0 Å². The topological polar surface area (TPSA) is 33.5 Å². The highest BCUT2D eigenvalue weighted by atomic mass is 16.3. The fourth-order valence-corrected chi connectivity index (χ4v) is 2.10. The third-order valence-corrected chi connectivity index (χ3v) is 3.05. The van der Waals surface area contributed by atoms with E-state index in [0.29, 0.717) is 6.42 Å². The van der Waals surface area contributed by atoms with Crippen LogP contribution in [0, 0.1) is 0 Å². The molecular weight excluding hydrogens is 226 g/mol. The number of Topliss-reactive ketones (excluding diaryl/α,β-unsaturated/α-hetero) is 1. The first kappa shape index (κ1) is 12.8. The summed E-state index contributed by atoms with van der Waals surface area (Å²) in [5, 5.41) is 0.943. The molecule has 18 heavy (non-hydrogen) atoms. The Kier molecular flexibility index (Phi) is 3.82. The van der Waals surface area contributed by atoms with E-state index in [4.69, 9.17) is 4.42 Å². The van der Waals surface area contributed by atoms with Gasteiger partial charge in [-0.15, -0.1) is 0 Å². The SMILES string of the molecule is CCc1oc2ccccc2c1C(=O)CCN(C)C. The normalized spacial score (nSPS) is 11.3. The molecule has 0 saturated carbocycles.